The minimum Gasteiger partial charge on any atom is -0.465 e. The molecule has 0 spiro atoms. The number of piperazine rings is 1. The summed E-state index contributed by atoms with van der Waals surface area (Å²) >= 11 is 0. The van der Waals surface area contributed by atoms with Crippen molar-refractivity contribution < 1.29 is 9.53 Å². The number of carbonyl (C=O) groups excluding carboxylic acids is 1. The van der Waals surface area contributed by atoms with Crippen LogP contribution in [-0.4, -0.2) is 74.2 Å². The molecule has 0 aliphatic carbocycles. The lowest BCUT2D eigenvalue weighted by molar-refractivity contribution is -0.144. The van der Waals surface area contributed by atoms with Gasteiger partial charge in [-0.3, -0.25) is 14.6 Å². The first kappa shape index (κ1) is 16.7. The first-order valence-corrected chi connectivity index (χ1v) is 8.62. The molecule has 1 unspecified atom stereocenters. The highest BCUT2D eigenvalue weighted by molar-refractivity contribution is 5.71. The number of ether oxygens (including phenoxy) is 1. The minimum atomic E-state index is -0.0486. The van der Waals surface area contributed by atoms with Crippen molar-refractivity contribution in [3.05, 3.63) is 0 Å². The number of unbranched alkanes of at least 4 members (excludes halogenated alkanes) is 3. The van der Waals surface area contributed by atoms with E-state index >= 15 is 0 Å². The molecule has 5 nitrogen and oxygen atoms in total. The standard InChI is InChI=1S/C16H31N3O2/c1-2-3-4-5-12-21-16(20)14-18-9-6-15(13-18)19-10-7-17-8-11-19/h15,17H,2-14H2,1H3. The number of esters is 1. The monoisotopic (exact) mass is 297 g/mol. The van der Waals surface area contributed by atoms with Gasteiger partial charge in [-0.15, -0.1) is 0 Å². The van der Waals surface area contributed by atoms with Crippen LogP contribution in [0.25, 0.3) is 0 Å². The summed E-state index contributed by atoms with van der Waals surface area (Å²) in [6.45, 7) is 9.76. The van der Waals surface area contributed by atoms with Gasteiger partial charge in [0.2, 0.25) is 0 Å². The number of rotatable bonds is 8. The summed E-state index contributed by atoms with van der Waals surface area (Å²) in [5, 5.41) is 3.39. The van der Waals surface area contributed by atoms with E-state index in [4.69, 9.17) is 4.74 Å². The summed E-state index contributed by atoms with van der Waals surface area (Å²) < 4.78 is 5.33. The average molecular weight is 297 g/mol. The lowest BCUT2D eigenvalue weighted by Gasteiger charge is -2.32. The molecule has 5 heteroatoms. The molecule has 0 aromatic heterocycles. The first-order chi connectivity index (χ1) is 10.3. The second kappa shape index (κ2) is 9.38. The van der Waals surface area contributed by atoms with Crippen LogP contribution in [0.2, 0.25) is 0 Å². The van der Waals surface area contributed by atoms with Crippen LogP contribution in [0, 0.1) is 0 Å². The van der Waals surface area contributed by atoms with E-state index in [0.717, 1.165) is 45.7 Å². The van der Waals surface area contributed by atoms with Crippen molar-refractivity contribution in [1.29, 1.82) is 0 Å². The highest BCUT2D eigenvalue weighted by atomic mass is 16.5. The quantitative estimate of drug-likeness (QED) is 0.537. The third kappa shape index (κ3) is 5.93. The summed E-state index contributed by atoms with van der Waals surface area (Å²) in [6, 6.07) is 0.629. The average Bonchev–Trinajstić information content (AvgIpc) is 2.96. The van der Waals surface area contributed by atoms with Crippen LogP contribution in [0.15, 0.2) is 0 Å². The predicted octanol–water partition coefficient (Wildman–Crippen LogP) is 1.09. The van der Waals surface area contributed by atoms with Gasteiger partial charge in [0.25, 0.3) is 0 Å². The Morgan fingerprint density at radius 3 is 2.76 bits per heavy atom. The highest BCUT2D eigenvalue weighted by Gasteiger charge is 2.29. The number of nitrogens with zero attached hydrogens (tertiary/aromatic N) is 2. The molecule has 2 heterocycles. The topological polar surface area (TPSA) is 44.8 Å². The third-order valence-electron chi connectivity index (χ3n) is 4.53. The van der Waals surface area contributed by atoms with E-state index in [1.165, 1.54) is 25.7 Å². The Kier molecular flexibility index (Phi) is 7.47. The van der Waals surface area contributed by atoms with E-state index in [-0.39, 0.29) is 5.97 Å². The molecule has 1 atom stereocenters. The largest absolute Gasteiger partial charge is 0.465 e. The van der Waals surface area contributed by atoms with Crippen LogP contribution < -0.4 is 5.32 Å². The molecular weight excluding hydrogens is 266 g/mol. The van der Waals surface area contributed by atoms with E-state index in [1.54, 1.807) is 0 Å². The van der Waals surface area contributed by atoms with Crippen LogP contribution >= 0.6 is 0 Å². The van der Waals surface area contributed by atoms with Crippen molar-refractivity contribution in [2.45, 2.75) is 45.1 Å². The van der Waals surface area contributed by atoms with Crippen LogP contribution in [0.5, 0.6) is 0 Å². The van der Waals surface area contributed by atoms with E-state index in [2.05, 4.69) is 22.0 Å². The van der Waals surface area contributed by atoms with Gasteiger partial charge in [-0.2, -0.15) is 0 Å². The van der Waals surface area contributed by atoms with Gasteiger partial charge >= 0.3 is 5.97 Å². The fourth-order valence-electron chi connectivity index (χ4n) is 3.24. The molecule has 1 N–H and O–H groups in total. The lowest BCUT2D eigenvalue weighted by atomic mass is 10.2. The molecule has 0 amide bonds. The zero-order chi connectivity index (χ0) is 14.9. The van der Waals surface area contributed by atoms with Gasteiger partial charge in [0.05, 0.1) is 13.2 Å². The van der Waals surface area contributed by atoms with Gasteiger partial charge in [0, 0.05) is 45.3 Å². The number of hydrogen-bond acceptors (Lipinski definition) is 5. The molecule has 2 aliphatic heterocycles. The SMILES string of the molecule is CCCCCCOC(=O)CN1CCC(N2CCNCC2)C1. The van der Waals surface area contributed by atoms with Gasteiger partial charge in [-0.1, -0.05) is 26.2 Å². The van der Waals surface area contributed by atoms with Gasteiger partial charge in [0.15, 0.2) is 0 Å². The van der Waals surface area contributed by atoms with Gasteiger partial charge in [-0.05, 0) is 12.8 Å². The minimum absolute atomic E-state index is 0.0486. The number of carbonyl (C=O) groups is 1. The van der Waals surface area contributed by atoms with Crippen molar-refractivity contribution in [1.82, 2.24) is 15.1 Å². The molecule has 0 bridgehead atoms. The molecule has 122 valence electrons. The Morgan fingerprint density at radius 2 is 2.00 bits per heavy atom. The molecular formula is C16H31N3O2. The Labute approximate surface area is 129 Å². The van der Waals surface area contributed by atoms with Crippen LogP contribution in [0.4, 0.5) is 0 Å². The first-order valence-electron chi connectivity index (χ1n) is 8.62. The Morgan fingerprint density at radius 1 is 1.19 bits per heavy atom. The summed E-state index contributed by atoms with van der Waals surface area (Å²) in [4.78, 5) is 16.6. The number of likely N-dealkylation sites (tertiary alicyclic amines) is 1. The van der Waals surface area contributed by atoms with E-state index in [9.17, 15) is 4.79 Å². The van der Waals surface area contributed by atoms with Crippen molar-refractivity contribution in [3.8, 4) is 0 Å². The van der Waals surface area contributed by atoms with E-state index < -0.39 is 0 Å². The van der Waals surface area contributed by atoms with Gasteiger partial charge in [-0.25, -0.2) is 0 Å². The third-order valence-corrected chi connectivity index (χ3v) is 4.53. The molecule has 2 aliphatic rings. The molecule has 0 saturated carbocycles. The van der Waals surface area contributed by atoms with Crippen LogP contribution in [0.1, 0.15) is 39.0 Å². The van der Waals surface area contributed by atoms with Crippen molar-refractivity contribution in [2.24, 2.45) is 0 Å². The molecule has 0 radical (unpaired) electrons. The molecule has 2 rings (SSSR count). The molecule has 2 fully saturated rings. The molecule has 2 saturated heterocycles. The molecule has 21 heavy (non-hydrogen) atoms. The maximum absolute atomic E-state index is 11.8. The maximum Gasteiger partial charge on any atom is 0.320 e. The summed E-state index contributed by atoms with van der Waals surface area (Å²) in [6.07, 6.45) is 5.80. The lowest BCUT2D eigenvalue weighted by Crippen LogP contribution is -2.49. The fraction of sp³-hybridized carbons (Fsp3) is 0.938. The number of hydrogen-bond donors (Lipinski definition) is 1. The summed E-state index contributed by atoms with van der Waals surface area (Å²) in [5.74, 6) is -0.0486. The Bertz CT molecular complexity index is 306. The van der Waals surface area contributed by atoms with Crippen LogP contribution in [-0.2, 0) is 9.53 Å². The van der Waals surface area contributed by atoms with E-state index in [0.29, 0.717) is 19.2 Å². The van der Waals surface area contributed by atoms with Crippen molar-refractivity contribution in [3.63, 3.8) is 0 Å². The zero-order valence-corrected chi connectivity index (χ0v) is 13.5. The van der Waals surface area contributed by atoms with Crippen LogP contribution in [0.3, 0.4) is 0 Å². The van der Waals surface area contributed by atoms with E-state index in [1.807, 2.05) is 0 Å². The summed E-state index contributed by atoms with van der Waals surface area (Å²) in [7, 11) is 0. The predicted molar refractivity (Wildman–Crippen MR) is 84.4 cm³/mol. The highest BCUT2D eigenvalue weighted by Crippen LogP contribution is 2.16. The zero-order valence-electron chi connectivity index (χ0n) is 13.5. The van der Waals surface area contributed by atoms with Crippen molar-refractivity contribution in [2.75, 3.05) is 52.4 Å². The Hall–Kier alpha value is -0.650. The molecule has 0 aromatic carbocycles. The smallest absolute Gasteiger partial charge is 0.320 e. The number of nitrogens with one attached hydrogen (secondary N) is 1. The second-order valence-corrected chi connectivity index (χ2v) is 6.24. The molecule has 0 aromatic rings. The van der Waals surface area contributed by atoms with Crippen molar-refractivity contribution >= 4 is 5.97 Å². The van der Waals surface area contributed by atoms with Gasteiger partial charge in [0.1, 0.15) is 0 Å². The fourth-order valence-corrected chi connectivity index (χ4v) is 3.24. The Balaban J connectivity index is 1.57. The van der Waals surface area contributed by atoms with Gasteiger partial charge < -0.3 is 10.1 Å². The normalized spacial score (nSPS) is 24.3. The second-order valence-electron chi connectivity index (χ2n) is 6.24. The summed E-state index contributed by atoms with van der Waals surface area (Å²) in [5.41, 5.74) is 0. The maximum atomic E-state index is 11.8.